The number of hydrogen-bond acceptors (Lipinski definition) is 5. The summed E-state index contributed by atoms with van der Waals surface area (Å²) in [6.07, 6.45) is 6.26. The Balaban J connectivity index is 1.89. The molecule has 1 heterocycles. The molecular weight excluding hydrogens is 362 g/mol. The Kier molecular flexibility index (Phi) is 8.73. The summed E-state index contributed by atoms with van der Waals surface area (Å²) in [7, 11) is 0. The van der Waals surface area contributed by atoms with Crippen molar-refractivity contribution in [3.63, 3.8) is 0 Å². The molecule has 158 valence electrons. The number of amides is 3. The van der Waals surface area contributed by atoms with Crippen molar-refractivity contribution in [2.75, 3.05) is 6.54 Å². The van der Waals surface area contributed by atoms with Crippen molar-refractivity contribution in [2.45, 2.75) is 83.4 Å². The zero-order valence-electron chi connectivity index (χ0n) is 16.9. The summed E-state index contributed by atoms with van der Waals surface area (Å²) in [6.45, 7) is 4.50. The van der Waals surface area contributed by atoms with E-state index in [1.54, 1.807) is 0 Å². The van der Waals surface area contributed by atoms with Gasteiger partial charge in [0.1, 0.15) is 18.4 Å². The molecule has 2 aliphatic rings. The largest absolute Gasteiger partial charge is 0.446 e. The van der Waals surface area contributed by atoms with Crippen LogP contribution in [0.3, 0.4) is 0 Å². The van der Waals surface area contributed by atoms with E-state index in [1.165, 1.54) is 0 Å². The van der Waals surface area contributed by atoms with Crippen LogP contribution in [0.4, 0.5) is 4.79 Å². The molecule has 3 amide bonds. The van der Waals surface area contributed by atoms with Crippen LogP contribution in [0.15, 0.2) is 0 Å². The van der Waals surface area contributed by atoms with Gasteiger partial charge >= 0.3 is 6.09 Å². The SMILES string of the molecule is CC(C)C[C@@H](NC(=O)OC1CCCCC1)C(=O)N[C@@H](C=O)CC1CCNC1=O. The maximum absolute atomic E-state index is 12.7. The molecule has 2 fully saturated rings. The molecule has 2 rings (SSSR count). The molecule has 1 aliphatic heterocycles. The predicted molar refractivity (Wildman–Crippen MR) is 103 cm³/mol. The molecule has 0 aromatic heterocycles. The number of carbonyl (C=O) groups excluding carboxylic acids is 4. The van der Waals surface area contributed by atoms with E-state index < -0.39 is 24.1 Å². The lowest BCUT2D eigenvalue weighted by Gasteiger charge is -2.25. The highest BCUT2D eigenvalue weighted by atomic mass is 16.6. The highest BCUT2D eigenvalue weighted by Gasteiger charge is 2.30. The molecule has 1 saturated heterocycles. The summed E-state index contributed by atoms with van der Waals surface area (Å²) in [5, 5.41) is 8.06. The molecule has 1 aliphatic carbocycles. The minimum Gasteiger partial charge on any atom is -0.446 e. The molecule has 8 heteroatoms. The van der Waals surface area contributed by atoms with E-state index in [4.69, 9.17) is 4.74 Å². The van der Waals surface area contributed by atoms with Gasteiger partial charge in [-0.1, -0.05) is 20.3 Å². The van der Waals surface area contributed by atoms with Crippen LogP contribution >= 0.6 is 0 Å². The molecule has 28 heavy (non-hydrogen) atoms. The second kappa shape index (κ2) is 11.0. The lowest BCUT2D eigenvalue weighted by molar-refractivity contribution is -0.127. The first-order chi connectivity index (χ1) is 13.4. The van der Waals surface area contributed by atoms with Gasteiger partial charge in [-0.15, -0.1) is 0 Å². The fourth-order valence-electron chi connectivity index (χ4n) is 3.82. The van der Waals surface area contributed by atoms with E-state index in [2.05, 4.69) is 16.0 Å². The number of carbonyl (C=O) groups is 4. The fourth-order valence-corrected chi connectivity index (χ4v) is 3.82. The summed E-state index contributed by atoms with van der Waals surface area (Å²) in [5.41, 5.74) is 0. The van der Waals surface area contributed by atoms with Crippen LogP contribution in [-0.4, -0.2) is 48.9 Å². The van der Waals surface area contributed by atoms with Gasteiger partial charge in [-0.3, -0.25) is 9.59 Å². The quantitative estimate of drug-likeness (QED) is 0.514. The second-order valence-corrected chi connectivity index (χ2v) is 8.26. The number of nitrogens with one attached hydrogen (secondary N) is 3. The summed E-state index contributed by atoms with van der Waals surface area (Å²) in [6, 6.07) is -1.54. The van der Waals surface area contributed by atoms with Gasteiger partial charge in [-0.05, 0) is 50.9 Å². The smallest absolute Gasteiger partial charge is 0.408 e. The van der Waals surface area contributed by atoms with Crippen LogP contribution in [0.1, 0.15) is 65.2 Å². The van der Waals surface area contributed by atoms with Crippen molar-refractivity contribution in [1.29, 1.82) is 0 Å². The van der Waals surface area contributed by atoms with Gasteiger partial charge in [0.25, 0.3) is 0 Å². The van der Waals surface area contributed by atoms with Gasteiger partial charge in [-0.2, -0.15) is 0 Å². The van der Waals surface area contributed by atoms with Crippen molar-refractivity contribution in [3.05, 3.63) is 0 Å². The van der Waals surface area contributed by atoms with Gasteiger partial charge < -0.3 is 25.5 Å². The molecule has 0 spiro atoms. The van der Waals surface area contributed by atoms with Gasteiger partial charge in [0.2, 0.25) is 11.8 Å². The molecule has 1 saturated carbocycles. The Morgan fingerprint density at radius 3 is 2.46 bits per heavy atom. The number of ether oxygens (including phenoxy) is 1. The molecule has 1 unspecified atom stereocenters. The van der Waals surface area contributed by atoms with Crippen LogP contribution in [0.2, 0.25) is 0 Å². The van der Waals surface area contributed by atoms with Crippen molar-refractivity contribution in [2.24, 2.45) is 11.8 Å². The van der Waals surface area contributed by atoms with Gasteiger partial charge in [-0.25, -0.2) is 4.79 Å². The standard InChI is InChI=1S/C20H33N3O5/c1-13(2)10-17(23-20(27)28-16-6-4-3-5-7-16)19(26)22-15(12-24)11-14-8-9-21-18(14)25/h12-17H,3-11H2,1-2H3,(H,21,25)(H,22,26)(H,23,27)/t14?,15-,17-/m1/s1. The number of aldehydes is 1. The van der Waals surface area contributed by atoms with Gasteiger partial charge in [0, 0.05) is 12.5 Å². The third-order valence-corrected chi connectivity index (χ3v) is 5.33. The average Bonchev–Trinajstić information content (AvgIpc) is 3.05. The topological polar surface area (TPSA) is 114 Å². The average molecular weight is 396 g/mol. The van der Waals surface area contributed by atoms with Crippen LogP contribution < -0.4 is 16.0 Å². The highest BCUT2D eigenvalue weighted by molar-refractivity contribution is 5.88. The van der Waals surface area contributed by atoms with E-state index in [0.29, 0.717) is 25.7 Å². The van der Waals surface area contributed by atoms with E-state index in [-0.39, 0.29) is 30.3 Å². The molecule has 3 atom stereocenters. The Labute approximate surface area is 166 Å². The minimum atomic E-state index is -0.782. The summed E-state index contributed by atoms with van der Waals surface area (Å²) >= 11 is 0. The molecule has 0 aromatic carbocycles. The van der Waals surface area contributed by atoms with Crippen molar-refractivity contribution >= 4 is 24.2 Å². The molecule has 0 aromatic rings. The third-order valence-electron chi connectivity index (χ3n) is 5.33. The monoisotopic (exact) mass is 395 g/mol. The molecule has 0 radical (unpaired) electrons. The predicted octanol–water partition coefficient (Wildman–Crippen LogP) is 1.67. The van der Waals surface area contributed by atoms with Gasteiger partial charge in [0.15, 0.2) is 0 Å². The molecular formula is C20H33N3O5. The second-order valence-electron chi connectivity index (χ2n) is 8.26. The molecule has 0 bridgehead atoms. The number of hydrogen-bond donors (Lipinski definition) is 3. The van der Waals surface area contributed by atoms with Crippen LogP contribution in [-0.2, 0) is 19.1 Å². The first kappa shape index (κ1) is 22.2. The maximum Gasteiger partial charge on any atom is 0.408 e. The fraction of sp³-hybridized carbons (Fsp3) is 0.800. The zero-order valence-corrected chi connectivity index (χ0v) is 16.9. The number of alkyl carbamates (subject to hydrolysis) is 1. The highest BCUT2D eigenvalue weighted by Crippen LogP contribution is 2.20. The van der Waals surface area contributed by atoms with Crippen LogP contribution in [0.25, 0.3) is 0 Å². The Morgan fingerprint density at radius 2 is 1.89 bits per heavy atom. The maximum atomic E-state index is 12.7. The van der Waals surface area contributed by atoms with Crippen molar-refractivity contribution < 1.29 is 23.9 Å². The Bertz CT molecular complexity index is 560. The third kappa shape index (κ3) is 7.13. The number of rotatable bonds is 9. The Hall–Kier alpha value is -2.12. The Morgan fingerprint density at radius 1 is 1.18 bits per heavy atom. The van der Waals surface area contributed by atoms with E-state index in [1.807, 2.05) is 13.8 Å². The summed E-state index contributed by atoms with van der Waals surface area (Å²) in [5.74, 6) is -0.622. The lowest BCUT2D eigenvalue weighted by Crippen LogP contribution is -2.51. The first-order valence-electron chi connectivity index (χ1n) is 10.4. The van der Waals surface area contributed by atoms with Crippen molar-refractivity contribution in [3.8, 4) is 0 Å². The van der Waals surface area contributed by atoms with E-state index in [9.17, 15) is 19.2 Å². The summed E-state index contributed by atoms with van der Waals surface area (Å²) < 4.78 is 5.45. The van der Waals surface area contributed by atoms with E-state index >= 15 is 0 Å². The van der Waals surface area contributed by atoms with Crippen LogP contribution in [0, 0.1) is 11.8 Å². The molecule has 8 nitrogen and oxygen atoms in total. The zero-order chi connectivity index (χ0) is 20.5. The van der Waals surface area contributed by atoms with E-state index in [0.717, 1.165) is 32.1 Å². The summed E-state index contributed by atoms with van der Waals surface area (Å²) in [4.78, 5) is 48.1. The van der Waals surface area contributed by atoms with Gasteiger partial charge in [0.05, 0.1) is 6.04 Å². The lowest BCUT2D eigenvalue weighted by atomic mass is 9.98. The molecule has 3 N–H and O–H groups in total. The first-order valence-corrected chi connectivity index (χ1v) is 10.4. The minimum absolute atomic E-state index is 0.0889. The normalized spacial score (nSPS) is 22.2. The van der Waals surface area contributed by atoms with Crippen LogP contribution in [0.5, 0.6) is 0 Å². The van der Waals surface area contributed by atoms with Crippen molar-refractivity contribution in [1.82, 2.24) is 16.0 Å².